The van der Waals surface area contributed by atoms with Gasteiger partial charge < -0.3 is 5.32 Å². The molecule has 1 N–H and O–H groups in total. The maximum Gasteiger partial charge on any atom is 0.0312 e. The molecule has 2 aliphatic rings. The van der Waals surface area contributed by atoms with Crippen LogP contribution in [0, 0.1) is 0 Å². The van der Waals surface area contributed by atoms with Crippen LogP contribution in [0.3, 0.4) is 0 Å². The lowest BCUT2D eigenvalue weighted by molar-refractivity contribution is 0.217. The van der Waals surface area contributed by atoms with E-state index in [4.69, 9.17) is 0 Å². The monoisotopic (exact) mass is 189 g/mol. The molecule has 2 atom stereocenters. The standard InChI is InChI=1S/C11H15N3/c1-2-9(5-12-3-1)7-14-8-10-4-11(14)6-13-10/h1-3,5,10-11,13H,4,6-8H2/t10-,11-/m0/s1. The van der Waals surface area contributed by atoms with Crippen LogP contribution in [0.2, 0.25) is 0 Å². The van der Waals surface area contributed by atoms with Gasteiger partial charge in [0, 0.05) is 44.1 Å². The lowest BCUT2D eigenvalue weighted by Crippen LogP contribution is -2.42. The van der Waals surface area contributed by atoms with Crippen LogP contribution in [0.25, 0.3) is 0 Å². The van der Waals surface area contributed by atoms with Crippen molar-refractivity contribution in [1.29, 1.82) is 0 Å². The Morgan fingerprint density at radius 3 is 3.21 bits per heavy atom. The molecule has 2 bridgehead atoms. The van der Waals surface area contributed by atoms with Gasteiger partial charge in [0.25, 0.3) is 0 Å². The number of pyridine rings is 1. The third kappa shape index (κ3) is 1.42. The molecular formula is C11H15N3. The van der Waals surface area contributed by atoms with Crippen molar-refractivity contribution < 1.29 is 0 Å². The highest BCUT2D eigenvalue weighted by Crippen LogP contribution is 2.24. The average Bonchev–Trinajstić information content (AvgIpc) is 2.81. The Balaban J connectivity index is 1.69. The number of aromatic nitrogens is 1. The third-order valence-electron chi connectivity index (χ3n) is 3.28. The van der Waals surface area contributed by atoms with E-state index in [1.165, 1.54) is 25.1 Å². The summed E-state index contributed by atoms with van der Waals surface area (Å²) in [6, 6.07) is 5.69. The lowest BCUT2D eigenvalue weighted by Gasteiger charge is -2.26. The summed E-state index contributed by atoms with van der Waals surface area (Å²) in [6.45, 7) is 3.45. The number of rotatable bonds is 2. The van der Waals surface area contributed by atoms with Gasteiger partial charge in [0.1, 0.15) is 0 Å². The molecule has 0 unspecified atom stereocenters. The van der Waals surface area contributed by atoms with Crippen LogP contribution in [0.4, 0.5) is 0 Å². The predicted molar refractivity (Wildman–Crippen MR) is 54.8 cm³/mol. The molecule has 3 heteroatoms. The molecular weight excluding hydrogens is 174 g/mol. The number of fused-ring (bicyclic) bond motifs is 2. The van der Waals surface area contributed by atoms with Crippen molar-refractivity contribution >= 4 is 0 Å². The molecule has 3 rings (SSSR count). The minimum atomic E-state index is 0.747. The molecule has 2 fully saturated rings. The molecule has 0 amide bonds. The zero-order chi connectivity index (χ0) is 9.38. The summed E-state index contributed by atoms with van der Waals surface area (Å²) in [5.41, 5.74) is 1.33. The van der Waals surface area contributed by atoms with Crippen LogP contribution in [0.15, 0.2) is 24.5 Å². The Morgan fingerprint density at radius 2 is 2.57 bits per heavy atom. The van der Waals surface area contributed by atoms with Crippen LogP contribution >= 0.6 is 0 Å². The van der Waals surface area contributed by atoms with Crippen molar-refractivity contribution in [2.24, 2.45) is 0 Å². The van der Waals surface area contributed by atoms with Gasteiger partial charge in [-0.2, -0.15) is 0 Å². The number of nitrogens with one attached hydrogen (secondary N) is 1. The van der Waals surface area contributed by atoms with Gasteiger partial charge >= 0.3 is 0 Å². The molecule has 2 aliphatic heterocycles. The molecule has 1 aromatic heterocycles. The maximum absolute atomic E-state index is 4.15. The Hall–Kier alpha value is -0.930. The summed E-state index contributed by atoms with van der Waals surface area (Å²) < 4.78 is 0. The predicted octanol–water partition coefficient (Wildman–Crippen LogP) is 0.628. The van der Waals surface area contributed by atoms with Gasteiger partial charge in [0.05, 0.1) is 0 Å². The van der Waals surface area contributed by atoms with E-state index in [0.29, 0.717) is 0 Å². The van der Waals surface area contributed by atoms with Crippen molar-refractivity contribution in [2.75, 3.05) is 13.1 Å². The number of piperazine rings is 1. The second kappa shape index (κ2) is 3.33. The summed E-state index contributed by atoms with van der Waals surface area (Å²) in [6.07, 6.45) is 5.14. The van der Waals surface area contributed by atoms with Crippen LogP contribution in [-0.2, 0) is 6.54 Å². The molecule has 3 nitrogen and oxygen atoms in total. The van der Waals surface area contributed by atoms with Gasteiger partial charge in [0.2, 0.25) is 0 Å². The zero-order valence-corrected chi connectivity index (χ0v) is 8.19. The minimum Gasteiger partial charge on any atom is -0.311 e. The maximum atomic E-state index is 4.15. The second-order valence-electron chi connectivity index (χ2n) is 4.29. The smallest absolute Gasteiger partial charge is 0.0312 e. The molecule has 0 aliphatic carbocycles. The molecule has 0 aromatic carbocycles. The van der Waals surface area contributed by atoms with Crippen molar-refractivity contribution in [3.63, 3.8) is 0 Å². The molecule has 1 aromatic rings. The molecule has 3 heterocycles. The molecule has 0 saturated carbocycles. The van der Waals surface area contributed by atoms with E-state index in [0.717, 1.165) is 18.6 Å². The van der Waals surface area contributed by atoms with Crippen molar-refractivity contribution in [3.8, 4) is 0 Å². The third-order valence-corrected chi connectivity index (χ3v) is 3.28. The first kappa shape index (κ1) is 8.38. The first-order valence-electron chi connectivity index (χ1n) is 5.28. The van der Waals surface area contributed by atoms with E-state index in [-0.39, 0.29) is 0 Å². The summed E-state index contributed by atoms with van der Waals surface area (Å²) >= 11 is 0. The minimum absolute atomic E-state index is 0.747. The van der Waals surface area contributed by atoms with E-state index in [1.807, 2.05) is 18.5 Å². The quantitative estimate of drug-likeness (QED) is 0.739. The van der Waals surface area contributed by atoms with E-state index < -0.39 is 0 Å². The number of likely N-dealkylation sites (tertiary alicyclic amines) is 1. The van der Waals surface area contributed by atoms with E-state index in [9.17, 15) is 0 Å². The average molecular weight is 189 g/mol. The molecule has 0 spiro atoms. The first-order chi connectivity index (χ1) is 6.92. The zero-order valence-electron chi connectivity index (χ0n) is 8.19. The fourth-order valence-corrected chi connectivity index (χ4v) is 2.57. The van der Waals surface area contributed by atoms with Crippen LogP contribution in [0.5, 0.6) is 0 Å². The molecule has 2 saturated heterocycles. The summed E-state index contributed by atoms with van der Waals surface area (Å²) in [4.78, 5) is 6.71. The van der Waals surface area contributed by atoms with Gasteiger partial charge in [-0.25, -0.2) is 0 Å². The highest BCUT2D eigenvalue weighted by Gasteiger charge is 2.37. The van der Waals surface area contributed by atoms with E-state index >= 15 is 0 Å². The highest BCUT2D eigenvalue weighted by molar-refractivity contribution is 5.10. The first-order valence-corrected chi connectivity index (χ1v) is 5.28. The van der Waals surface area contributed by atoms with Crippen molar-refractivity contribution in [1.82, 2.24) is 15.2 Å². The van der Waals surface area contributed by atoms with Gasteiger partial charge in [0.15, 0.2) is 0 Å². The number of hydrogen-bond donors (Lipinski definition) is 1. The van der Waals surface area contributed by atoms with Gasteiger partial charge in [-0.05, 0) is 18.1 Å². The molecule has 74 valence electrons. The van der Waals surface area contributed by atoms with E-state index in [2.05, 4.69) is 21.3 Å². The molecule has 14 heavy (non-hydrogen) atoms. The Labute approximate surface area is 84.1 Å². The summed E-state index contributed by atoms with van der Waals surface area (Å²) in [7, 11) is 0. The Kier molecular flexibility index (Phi) is 2.00. The van der Waals surface area contributed by atoms with Crippen molar-refractivity contribution in [2.45, 2.75) is 25.0 Å². The number of hydrogen-bond acceptors (Lipinski definition) is 3. The van der Waals surface area contributed by atoms with Crippen LogP contribution < -0.4 is 5.32 Å². The fraction of sp³-hybridized carbons (Fsp3) is 0.545. The topological polar surface area (TPSA) is 28.2 Å². The lowest BCUT2D eigenvalue weighted by atomic mass is 10.2. The fourth-order valence-electron chi connectivity index (χ4n) is 2.57. The van der Waals surface area contributed by atoms with Crippen LogP contribution in [0.1, 0.15) is 12.0 Å². The SMILES string of the molecule is c1cncc(CN2C[C@@H]3C[C@H]2CN3)c1. The Bertz CT molecular complexity index is 312. The van der Waals surface area contributed by atoms with Crippen LogP contribution in [-0.4, -0.2) is 35.1 Å². The van der Waals surface area contributed by atoms with Gasteiger partial charge in [-0.15, -0.1) is 0 Å². The normalized spacial score (nSPS) is 31.1. The Morgan fingerprint density at radius 1 is 1.57 bits per heavy atom. The van der Waals surface area contributed by atoms with Gasteiger partial charge in [-0.1, -0.05) is 6.07 Å². The highest BCUT2D eigenvalue weighted by atomic mass is 15.3. The van der Waals surface area contributed by atoms with Crippen molar-refractivity contribution in [3.05, 3.63) is 30.1 Å². The molecule has 0 radical (unpaired) electrons. The largest absolute Gasteiger partial charge is 0.311 e. The summed E-state index contributed by atoms with van der Waals surface area (Å²) in [5.74, 6) is 0. The summed E-state index contributed by atoms with van der Waals surface area (Å²) in [5, 5.41) is 3.51. The van der Waals surface area contributed by atoms with Gasteiger partial charge in [-0.3, -0.25) is 9.88 Å². The number of nitrogens with zero attached hydrogens (tertiary/aromatic N) is 2. The second-order valence-corrected chi connectivity index (χ2v) is 4.29. The van der Waals surface area contributed by atoms with E-state index in [1.54, 1.807) is 0 Å².